The van der Waals surface area contributed by atoms with Crippen molar-refractivity contribution in [3.8, 4) is 5.75 Å². The molecule has 6 heteroatoms. The average molecular weight is 339 g/mol. The number of nitrogens with zero attached hydrogens (tertiary/aromatic N) is 1. The zero-order chi connectivity index (χ0) is 17.3. The van der Waals surface area contributed by atoms with Crippen molar-refractivity contribution in [3.05, 3.63) is 29.8 Å². The van der Waals surface area contributed by atoms with E-state index in [4.69, 9.17) is 0 Å². The number of fused-ring (bicyclic) bond motifs is 1. The third-order valence-corrected chi connectivity index (χ3v) is 5.54. The van der Waals surface area contributed by atoms with Gasteiger partial charge in [0.05, 0.1) is 5.60 Å². The van der Waals surface area contributed by atoms with Gasteiger partial charge < -0.3 is 14.7 Å². The van der Waals surface area contributed by atoms with Gasteiger partial charge in [-0.25, -0.2) is 0 Å². The second-order valence-corrected chi connectivity index (χ2v) is 6.83. The van der Waals surface area contributed by atoms with Crippen molar-refractivity contribution in [2.45, 2.75) is 44.8 Å². The number of halogens is 2. The number of alkyl halides is 2. The summed E-state index contributed by atoms with van der Waals surface area (Å²) in [5.74, 6) is 0.388. The number of hydrogen-bond acceptors (Lipinski definition) is 3. The van der Waals surface area contributed by atoms with E-state index >= 15 is 0 Å². The number of ether oxygens (including phenoxy) is 1. The molecule has 1 aliphatic heterocycles. The first-order valence-corrected chi connectivity index (χ1v) is 8.49. The number of carbonyl (C=O) groups excluding carboxylic acids is 1. The molecule has 2 aliphatic rings. The summed E-state index contributed by atoms with van der Waals surface area (Å²) < 4.78 is 28.7. The lowest BCUT2D eigenvalue weighted by atomic mass is 9.69. The van der Waals surface area contributed by atoms with Gasteiger partial charge in [0.2, 0.25) is 0 Å². The third-order valence-electron chi connectivity index (χ3n) is 5.54. The molecule has 1 N–H and O–H groups in total. The zero-order valence-electron chi connectivity index (χ0n) is 13.8. The van der Waals surface area contributed by atoms with E-state index in [9.17, 15) is 18.7 Å². The maximum atomic E-state index is 12.7. The van der Waals surface area contributed by atoms with E-state index in [1.54, 1.807) is 4.90 Å². The van der Waals surface area contributed by atoms with Crippen LogP contribution in [0, 0.1) is 11.8 Å². The van der Waals surface area contributed by atoms with Crippen LogP contribution in [-0.4, -0.2) is 41.2 Å². The number of rotatable bonds is 4. The lowest BCUT2D eigenvalue weighted by Gasteiger charge is -2.40. The van der Waals surface area contributed by atoms with Crippen LogP contribution >= 0.6 is 0 Å². The minimum Gasteiger partial charge on any atom is -0.435 e. The van der Waals surface area contributed by atoms with Crippen LogP contribution in [-0.2, 0) is 0 Å². The molecule has 4 nitrogen and oxygen atoms in total. The number of likely N-dealkylation sites (tertiary alicyclic amines) is 1. The summed E-state index contributed by atoms with van der Waals surface area (Å²) >= 11 is 0. The molecule has 0 aromatic heterocycles. The van der Waals surface area contributed by atoms with Crippen molar-refractivity contribution in [3.63, 3.8) is 0 Å². The number of benzene rings is 1. The standard InChI is InChI=1S/C18H23F2NO3/c1-2-18(23)9-3-4-13-10-21(11-15(13)18)16(22)12-5-7-14(8-6-12)24-17(19)20/h5-8,13,15,17,23H,2-4,9-11H2,1H3/t13-,15+,18-/m1/s1. The lowest BCUT2D eigenvalue weighted by molar-refractivity contribution is -0.0609. The van der Waals surface area contributed by atoms with Crippen LogP contribution in [0.4, 0.5) is 8.78 Å². The van der Waals surface area contributed by atoms with Crippen molar-refractivity contribution in [2.24, 2.45) is 11.8 Å². The molecule has 0 bridgehead atoms. The topological polar surface area (TPSA) is 49.8 Å². The van der Waals surface area contributed by atoms with Gasteiger partial charge in [-0.2, -0.15) is 8.78 Å². The number of hydrogen-bond donors (Lipinski definition) is 1. The van der Waals surface area contributed by atoms with Gasteiger partial charge in [0.25, 0.3) is 5.91 Å². The largest absolute Gasteiger partial charge is 0.435 e. The molecule has 0 spiro atoms. The average Bonchev–Trinajstić information content (AvgIpc) is 3.00. The predicted octanol–water partition coefficient (Wildman–Crippen LogP) is 3.30. The Kier molecular flexibility index (Phi) is 4.76. The molecule has 3 rings (SSSR count). The third kappa shape index (κ3) is 3.24. The van der Waals surface area contributed by atoms with Crippen LogP contribution in [0.25, 0.3) is 0 Å². The first kappa shape index (κ1) is 17.1. The second-order valence-electron chi connectivity index (χ2n) is 6.83. The molecule has 0 radical (unpaired) electrons. The van der Waals surface area contributed by atoms with Gasteiger partial charge in [-0.1, -0.05) is 13.3 Å². The fourth-order valence-electron chi connectivity index (χ4n) is 4.19. The van der Waals surface area contributed by atoms with Crippen LogP contribution in [0.2, 0.25) is 0 Å². The summed E-state index contributed by atoms with van der Waals surface area (Å²) in [6.07, 6.45) is 3.54. The normalized spacial score (nSPS) is 29.6. The Morgan fingerprint density at radius 2 is 2.08 bits per heavy atom. The SMILES string of the molecule is CC[C@@]1(O)CCC[C@@H]2CN(C(=O)c3ccc(OC(F)F)cc3)C[C@@H]21. The first-order chi connectivity index (χ1) is 11.4. The Morgan fingerprint density at radius 3 is 2.71 bits per heavy atom. The van der Waals surface area contributed by atoms with Gasteiger partial charge in [-0.05, 0) is 49.4 Å². The van der Waals surface area contributed by atoms with Crippen molar-refractivity contribution < 1.29 is 23.4 Å². The van der Waals surface area contributed by atoms with Crippen molar-refractivity contribution in [1.29, 1.82) is 0 Å². The molecule has 3 atom stereocenters. The molecule has 1 amide bonds. The van der Waals surface area contributed by atoms with Gasteiger partial charge >= 0.3 is 6.61 Å². The molecule has 1 aliphatic carbocycles. The van der Waals surface area contributed by atoms with Crippen molar-refractivity contribution in [1.82, 2.24) is 4.90 Å². The molecule has 24 heavy (non-hydrogen) atoms. The zero-order valence-corrected chi connectivity index (χ0v) is 13.8. The predicted molar refractivity (Wildman–Crippen MR) is 85.0 cm³/mol. The summed E-state index contributed by atoms with van der Waals surface area (Å²) in [7, 11) is 0. The minimum atomic E-state index is -2.88. The summed E-state index contributed by atoms with van der Waals surface area (Å²) in [6, 6.07) is 5.78. The number of carbonyl (C=O) groups is 1. The molecule has 2 fully saturated rings. The first-order valence-electron chi connectivity index (χ1n) is 8.49. The van der Waals surface area contributed by atoms with Gasteiger partial charge in [-0.3, -0.25) is 4.79 Å². The second kappa shape index (κ2) is 6.67. The smallest absolute Gasteiger partial charge is 0.387 e. The maximum Gasteiger partial charge on any atom is 0.387 e. The van der Waals surface area contributed by atoms with Crippen LogP contribution in [0.3, 0.4) is 0 Å². The summed E-state index contributed by atoms with van der Waals surface area (Å²) in [4.78, 5) is 14.5. The van der Waals surface area contributed by atoms with Gasteiger partial charge in [0, 0.05) is 24.6 Å². The van der Waals surface area contributed by atoms with Crippen LogP contribution in [0.1, 0.15) is 43.0 Å². The van der Waals surface area contributed by atoms with E-state index in [0.29, 0.717) is 31.0 Å². The summed E-state index contributed by atoms with van der Waals surface area (Å²) in [5, 5.41) is 10.8. The van der Waals surface area contributed by atoms with E-state index < -0.39 is 12.2 Å². The Balaban J connectivity index is 1.70. The van der Waals surface area contributed by atoms with E-state index in [1.807, 2.05) is 6.92 Å². The molecular formula is C18H23F2NO3. The molecule has 1 aromatic carbocycles. The van der Waals surface area contributed by atoms with Gasteiger partial charge in [0.1, 0.15) is 5.75 Å². The molecular weight excluding hydrogens is 316 g/mol. The Morgan fingerprint density at radius 1 is 1.38 bits per heavy atom. The van der Waals surface area contributed by atoms with E-state index in [0.717, 1.165) is 19.3 Å². The van der Waals surface area contributed by atoms with Crippen LogP contribution in [0.5, 0.6) is 5.75 Å². The quantitative estimate of drug-likeness (QED) is 0.916. The number of amides is 1. The fraction of sp³-hybridized carbons (Fsp3) is 0.611. The lowest BCUT2D eigenvalue weighted by Crippen LogP contribution is -2.44. The molecule has 1 aromatic rings. The molecule has 1 saturated carbocycles. The van der Waals surface area contributed by atoms with Gasteiger partial charge in [-0.15, -0.1) is 0 Å². The maximum absolute atomic E-state index is 12.7. The monoisotopic (exact) mass is 339 g/mol. The van der Waals surface area contributed by atoms with Crippen LogP contribution < -0.4 is 4.74 Å². The molecule has 1 heterocycles. The molecule has 1 saturated heterocycles. The highest BCUT2D eigenvalue weighted by Crippen LogP contribution is 2.44. The van der Waals surface area contributed by atoms with Gasteiger partial charge in [0.15, 0.2) is 0 Å². The van der Waals surface area contributed by atoms with E-state index in [-0.39, 0.29) is 17.6 Å². The van der Waals surface area contributed by atoms with Crippen molar-refractivity contribution >= 4 is 5.91 Å². The summed E-state index contributed by atoms with van der Waals surface area (Å²) in [6.45, 7) is 0.332. The Hall–Kier alpha value is -1.69. The van der Waals surface area contributed by atoms with Crippen LogP contribution in [0.15, 0.2) is 24.3 Å². The van der Waals surface area contributed by atoms with Crippen molar-refractivity contribution in [2.75, 3.05) is 13.1 Å². The summed E-state index contributed by atoms with van der Waals surface area (Å²) in [5.41, 5.74) is -0.220. The highest BCUT2D eigenvalue weighted by Gasteiger charge is 2.48. The number of aliphatic hydroxyl groups is 1. The van der Waals surface area contributed by atoms with E-state index in [2.05, 4.69) is 4.74 Å². The Bertz CT molecular complexity index is 592. The highest BCUT2D eigenvalue weighted by atomic mass is 19.3. The Labute approximate surface area is 140 Å². The molecule has 0 unspecified atom stereocenters. The van der Waals surface area contributed by atoms with E-state index in [1.165, 1.54) is 24.3 Å². The highest BCUT2D eigenvalue weighted by molar-refractivity contribution is 5.94. The molecule has 132 valence electrons. The fourth-order valence-corrected chi connectivity index (χ4v) is 4.19. The minimum absolute atomic E-state index is 0.0389.